The average molecular weight is 264 g/mol. The molecule has 0 aliphatic carbocycles. The van der Waals surface area contributed by atoms with Gasteiger partial charge in [0, 0.05) is 11.8 Å². The molecule has 0 saturated carbocycles. The summed E-state index contributed by atoms with van der Waals surface area (Å²) in [6.45, 7) is 3.41. The molecule has 0 N–H and O–H groups in total. The molecule has 19 heavy (non-hydrogen) atoms. The van der Waals surface area contributed by atoms with Crippen LogP contribution in [0.3, 0.4) is 0 Å². The SMILES string of the molecule is C[C@H]([C@H](C)[N+](=O)[O-])N1C(=O)OC[C@H]1c1ccccc1. The second-order valence-corrected chi connectivity index (χ2v) is 4.68. The maximum absolute atomic E-state index is 11.8. The Morgan fingerprint density at radius 2 is 2.00 bits per heavy atom. The number of cyclic esters (lactones) is 1. The number of carbonyl (C=O) groups is 1. The molecule has 0 aromatic heterocycles. The molecule has 1 saturated heterocycles. The second kappa shape index (κ2) is 5.26. The van der Waals surface area contributed by atoms with Crippen LogP contribution in [0.25, 0.3) is 0 Å². The molecule has 1 aromatic carbocycles. The Labute approximate surface area is 111 Å². The first kappa shape index (κ1) is 13.3. The standard InChI is InChI=1S/C13H16N2O4/c1-9(10(2)15(17)18)14-12(8-19-13(14)16)11-6-4-3-5-7-11/h3-7,9-10,12H,8H2,1-2H3/t9-,10+,12+/m1/s1. The summed E-state index contributed by atoms with van der Waals surface area (Å²) in [6, 6.07) is 7.80. The summed E-state index contributed by atoms with van der Waals surface area (Å²) < 4.78 is 5.05. The monoisotopic (exact) mass is 264 g/mol. The number of carbonyl (C=O) groups excluding carboxylic acids is 1. The molecule has 1 aliphatic heterocycles. The number of nitrogens with zero attached hydrogens (tertiary/aromatic N) is 2. The Morgan fingerprint density at radius 3 is 2.58 bits per heavy atom. The third-order valence-corrected chi connectivity index (χ3v) is 3.57. The van der Waals surface area contributed by atoms with Crippen molar-refractivity contribution in [3.63, 3.8) is 0 Å². The fourth-order valence-electron chi connectivity index (χ4n) is 2.22. The minimum atomic E-state index is -0.836. The summed E-state index contributed by atoms with van der Waals surface area (Å²) >= 11 is 0. The zero-order valence-electron chi connectivity index (χ0n) is 10.9. The van der Waals surface area contributed by atoms with Gasteiger partial charge in [0.25, 0.3) is 0 Å². The lowest BCUT2D eigenvalue weighted by atomic mass is 10.0. The highest BCUT2D eigenvalue weighted by molar-refractivity contribution is 5.71. The zero-order valence-corrected chi connectivity index (χ0v) is 10.9. The van der Waals surface area contributed by atoms with Gasteiger partial charge in [-0.3, -0.25) is 15.0 Å². The van der Waals surface area contributed by atoms with Crippen molar-refractivity contribution < 1.29 is 14.5 Å². The van der Waals surface area contributed by atoms with Gasteiger partial charge < -0.3 is 4.74 Å². The molecule has 0 radical (unpaired) electrons. The molecule has 6 nitrogen and oxygen atoms in total. The quantitative estimate of drug-likeness (QED) is 0.617. The molecule has 0 bridgehead atoms. The van der Waals surface area contributed by atoms with E-state index in [9.17, 15) is 14.9 Å². The maximum Gasteiger partial charge on any atom is 0.410 e. The van der Waals surface area contributed by atoms with Crippen molar-refractivity contribution in [1.29, 1.82) is 0 Å². The molecule has 1 heterocycles. The van der Waals surface area contributed by atoms with Crippen molar-refractivity contribution in [3.8, 4) is 0 Å². The number of ether oxygens (including phenoxy) is 1. The second-order valence-electron chi connectivity index (χ2n) is 4.68. The third-order valence-electron chi connectivity index (χ3n) is 3.57. The van der Waals surface area contributed by atoms with Gasteiger partial charge in [-0.1, -0.05) is 30.3 Å². The lowest BCUT2D eigenvalue weighted by Crippen LogP contribution is -2.45. The number of hydrogen-bond donors (Lipinski definition) is 0. The van der Waals surface area contributed by atoms with Gasteiger partial charge in [-0.25, -0.2) is 4.79 Å². The third kappa shape index (κ3) is 2.52. The number of amides is 1. The van der Waals surface area contributed by atoms with Gasteiger partial charge in [0.05, 0.1) is 6.04 Å². The van der Waals surface area contributed by atoms with Gasteiger partial charge in [-0.2, -0.15) is 0 Å². The first-order valence-corrected chi connectivity index (χ1v) is 6.16. The van der Waals surface area contributed by atoms with Crippen LogP contribution < -0.4 is 0 Å². The predicted molar refractivity (Wildman–Crippen MR) is 68.3 cm³/mol. The molecule has 1 aliphatic rings. The van der Waals surface area contributed by atoms with E-state index in [0.717, 1.165) is 5.56 Å². The molecule has 0 spiro atoms. The van der Waals surface area contributed by atoms with E-state index in [2.05, 4.69) is 0 Å². The fourth-order valence-corrected chi connectivity index (χ4v) is 2.22. The van der Waals surface area contributed by atoms with Crippen LogP contribution in [-0.2, 0) is 4.74 Å². The van der Waals surface area contributed by atoms with E-state index in [-0.39, 0.29) is 17.6 Å². The Balaban J connectivity index is 2.25. The van der Waals surface area contributed by atoms with Crippen LogP contribution in [0.15, 0.2) is 30.3 Å². The van der Waals surface area contributed by atoms with Crippen LogP contribution in [-0.4, -0.2) is 34.6 Å². The van der Waals surface area contributed by atoms with Crippen LogP contribution in [0, 0.1) is 10.1 Å². The molecule has 102 valence electrons. The van der Waals surface area contributed by atoms with E-state index in [1.807, 2.05) is 30.3 Å². The Bertz CT molecular complexity index is 477. The first-order chi connectivity index (χ1) is 9.02. The normalized spacial score (nSPS) is 21.9. The Hall–Kier alpha value is -2.11. The van der Waals surface area contributed by atoms with Crippen molar-refractivity contribution >= 4 is 6.09 Å². The van der Waals surface area contributed by atoms with E-state index in [1.165, 1.54) is 11.8 Å². The molecule has 1 aromatic rings. The summed E-state index contributed by atoms with van der Waals surface area (Å²) in [6.07, 6.45) is -0.491. The highest BCUT2D eigenvalue weighted by atomic mass is 16.6. The summed E-state index contributed by atoms with van der Waals surface area (Å²) in [4.78, 5) is 23.8. The zero-order chi connectivity index (χ0) is 14.0. The van der Waals surface area contributed by atoms with Crippen LogP contribution >= 0.6 is 0 Å². The highest BCUT2D eigenvalue weighted by Gasteiger charge is 2.42. The summed E-state index contributed by atoms with van der Waals surface area (Å²) in [5, 5.41) is 10.9. The number of hydrogen-bond acceptors (Lipinski definition) is 4. The van der Waals surface area contributed by atoms with E-state index in [1.54, 1.807) is 6.92 Å². The maximum atomic E-state index is 11.8. The Morgan fingerprint density at radius 1 is 1.37 bits per heavy atom. The van der Waals surface area contributed by atoms with Crippen molar-refractivity contribution in [1.82, 2.24) is 4.90 Å². The van der Waals surface area contributed by atoms with Gasteiger partial charge >= 0.3 is 6.09 Å². The van der Waals surface area contributed by atoms with Crippen molar-refractivity contribution in [2.45, 2.75) is 32.0 Å². The Kier molecular flexibility index (Phi) is 3.69. The van der Waals surface area contributed by atoms with E-state index >= 15 is 0 Å². The van der Waals surface area contributed by atoms with Crippen molar-refractivity contribution in [2.75, 3.05) is 6.61 Å². The number of rotatable bonds is 4. The summed E-state index contributed by atoms with van der Waals surface area (Å²) in [7, 11) is 0. The van der Waals surface area contributed by atoms with Crippen LogP contribution in [0.4, 0.5) is 4.79 Å². The average Bonchev–Trinajstić information content (AvgIpc) is 2.79. The molecular weight excluding hydrogens is 248 g/mol. The summed E-state index contributed by atoms with van der Waals surface area (Å²) in [5.41, 5.74) is 0.927. The first-order valence-electron chi connectivity index (χ1n) is 6.16. The minimum absolute atomic E-state index is 0.234. The predicted octanol–water partition coefficient (Wildman–Crippen LogP) is 2.23. The molecule has 1 amide bonds. The van der Waals surface area contributed by atoms with Crippen LogP contribution in [0.5, 0.6) is 0 Å². The molecule has 2 rings (SSSR count). The largest absolute Gasteiger partial charge is 0.447 e. The lowest BCUT2D eigenvalue weighted by molar-refractivity contribution is -0.524. The molecule has 6 heteroatoms. The van der Waals surface area contributed by atoms with Crippen LogP contribution in [0.2, 0.25) is 0 Å². The molecular formula is C13H16N2O4. The molecule has 1 fully saturated rings. The van der Waals surface area contributed by atoms with E-state index in [4.69, 9.17) is 4.74 Å². The topological polar surface area (TPSA) is 72.7 Å². The molecule has 3 atom stereocenters. The van der Waals surface area contributed by atoms with Gasteiger partial charge in [0.15, 0.2) is 0 Å². The highest BCUT2D eigenvalue weighted by Crippen LogP contribution is 2.30. The van der Waals surface area contributed by atoms with Crippen molar-refractivity contribution in [3.05, 3.63) is 46.0 Å². The lowest BCUT2D eigenvalue weighted by Gasteiger charge is -2.28. The van der Waals surface area contributed by atoms with Crippen molar-refractivity contribution in [2.24, 2.45) is 0 Å². The van der Waals surface area contributed by atoms with E-state index in [0.29, 0.717) is 0 Å². The summed E-state index contributed by atoms with van der Waals surface area (Å²) in [5.74, 6) is 0. The fraction of sp³-hybridized carbons (Fsp3) is 0.462. The number of nitro groups is 1. The number of benzene rings is 1. The van der Waals surface area contributed by atoms with Crippen LogP contribution in [0.1, 0.15) is 25.5 Å². The van der Waals surface area contributed by atoms with Gasteiger partial charge in [-0.15, -0.1) is 0 Å². The molecule has 0 unspecified atom stereocenters. The van der Waals surface area contributed by atoms with Gasteiger partial charge in [0.2, 0.25) is 6.04 Å². The minimum Gasteiger partial charge on any atom is -0.447 e. The van der Waals surface area contributed by atoms with E-state index < -0.39 is 18.2 Å². The van der Waals surface area contributed by atoms with Gasteiger partial charge in [-0.05, 0) is 12.5 Å². The van der Waals surface area contributed by atoms with Gasteiger partial charge in [0.1, 0.15) is 12.6 Å². The smallest absolute Gasteiger partial charge is 0.410 e.